The molecule has 0 aliphatic carbocycles. The number of aliphatic hydroxyl groups excluding tert-OH is 1. The van der Waals surface area contributed by atoms with E-state index in [-0.39, 0.29) is 18.0 Å². The molecule has 1 aromatic rings. The zero-order valence-corrected chi connectivity index (χ0v) is 14.1. The van der Waals surface area contributed by atoms with Gasteiger partial charge in [-0.1, -0.05) is 36.7 Å². The lowest BCUT2D eigenvalue weighted by atomic mass is 9.99. The average molecular weight is 368 g/mol. The third-order valence-electron chi connectivity index (χ3n) is 3.27. The number of aliphatic hydroxyl groups is 1. The minimum atomic E-state index is -3.94. The van der Waals surface area contributed by atoms with Crippen molar-refractivity contribution in [1.82, 2.24) is 4.72 Å². The van der Waals surface area contributed by atoms with Crippen LogP contribution in [0.1, 0.15) is 26.3 Å². The number of hydrogen-bond acceptors (Lipinski definition) is 3. The Kier molecular flexibility index (Phi) is 6.12. The molecule has 0 aliphatic rings. The van der Waals surface area contributed by atoms with E-state index in [9.17, 15) is 12.8 Å². The standard InChI is InChI=1S/C13H19BrFNO3S/c1-8(2)9(3)6-16-20(18,19)12-5-11(14)4-10(7-17)13(12)15/h4-5,8-9,16-17H,6-7H2,1-3H3. The third kappa shape index (κ3) is 4.25. The highest BCUT2D eigenvalue weighted by molar-refractivity contribution is 9.10. The van der Waals surface area contributed by atoms with Crippen molar-refractivity contribution in [2.45, 2.75) is 32.3 Å². The summed E-state index contributed by atoms with van der Waals surface area (Å²) in [7, 11) is -3.94. The van der Waals surface area contributed by atoms with E-state index >= 15 is 0 Å². The number of sulfonamides is 1. The minimum absolute atomic E-state index is 0.0586. The van der Waals surface area contributed by atoms with E-state index in [1.54, 1.807) is 0 Å². The molecule has 0 amide bonds. The van der Waals surface area contributed by atoms with Crippen LogP contribution in [0.5, 0.6) is 0 Å². The molecule has 7 heteroatoms. The molecule has 1 aromatic carbocycles. The lowest BCUT2D eigenvalue weighted by Crippen LogP contribution is -2.31. The second-order valence-corrected chi connectivity index (χ2v) is 7.76. The zero-order valence-electron chi connectivity index (χ0n) is 11.7. The third-order valence-corrected chi connectivity index (χ3v) is 5.15. The Morgan fingerprint density at radius 3 is 2.45 bits per heavy atom. The number of nitrogens with one attached hydrogen (secondary N) is 1. The average Bonchev–Trinajstić information content (AvgIpc) is 2.37. The first-order valence-electron chi connectivity index (χ1n) is 6.27. The highest BCUT2D eigenvalue weighted by atomic mass is 79.9. The Balaban J connectivity index is 3.07. The normalized spacial score (nSPS) is 13.8. The second kappa shape index (κ2) is 6.98. The Morgan fingerprint density at radius 2 is 1.95 bits per heavy atom. The summed E-state index contributed by atoms with van der Waals surface area (Å²) in [6, 6.07) is 2.54. The van der Waals surface area contributed by atoms with E-state index in [2.05, 4.69) is 20.7 Å². The summed E-state index contributed by atoms with van der Waals surface area (Å²) in [6.45, 7) is 5.57. The molecule has 0 bridgehead atoms. The fraction of sp³-hybridized carbons (Fsp3) is 0.538. The molecule has 4 nitrogen and oxygen atoms in total. The van der Waals surface area contributed by atoms with Crippen LogP contribution >= 0.6 is 15.9 Å². The molecule has 0 aromatic heterocycles. The zero-order chi connectivity index (χ0) is 15.5. The summed E-state index contributed by atoms with van der Waals surface area (Å²) in [5.74, 6) is -0.462. The molecule has 1 atom stereocenters. The van der Waals surface area contributed by atoms with Gasteiger partial charge in [-0.05, 0) is 24.0 Å². The van der Waals surface area contributed by atoms with Crippen molar-refractivity contribution < 1.29 is 17.9 Å². The second-order valence-electron chi connectivity index (χ2n) is 5.11. The molecule has 0 fully saturated rings. The smallest absolute Gasteiger partial charge is 0.243 e. The van der Waals surface area contributed by atoms with Gasteiger partial charge in [0.25, 0.3) is 0 Å². The predicted molar refractivity (Wildman–Crippen MR) is 79.2 cm³/mol. The van der Waals surface area contributed by atoms with Gasteiger partial charge in [-0.25, -0.2) is 17.5 Å². The van der Waals surface area contributed by atoms with Crippen LogP contribution < -0.4 is 4.72 Å². The van der Waals surface area contributed by atoms with Gasteiger partial charge in [-0.2, -0.15) is 0 Å². The van der Waals surface area contributed by atoms with Gasteiger partial charge in [-0.3, -0.25) is 0 Å². The van der Waals surface area contributed by atoms with Crippen molar-refractivity contribution in [3.63, 3.8) is 0 Å². The Morgan fingerprint density at radius 1 is 1.35 bits per heavy atom. The Labute approximate surface area is 127 Å². The SMILES string of the molecule is CC(C)C(C)CNS(=O)(=O)c1cc(Br)cc(CO)c1F. The topological polar surface area (TPSA) is 66.4 Å². The van der Waals surface area contributed by atoms with Crippen molar-refractivity contribution in [1.29, 1.82) is 0 Å². The van der Waals surface area contributed by atoms with E-state index < -0.39 is 27.3 Å². The summed E-state index contributed by atoms with van der Waals surface area (Å²) < 4.78 is 41.1. The Bertz CT molecular complexity index is 575. The fourth-order valence-corrected chi connectivity index (χ4v) is 3.43. The van der Waals surface area contributed by atoms with E-state index in [0.717, 1.165) is 0 Å². The first kappa shape index (κ1) is 17.6. The fourth-order valence-electron chi connectivity index (χ4n) is 1.48. The van der Waals surface area contributed by atoms with Crippen LogP contribution in [0, 0.1) is 17.7 Å². The molecular weight excluding hydrogens is 349 g/mol. The maximum absolute atomic E-state index is 14.0. The van der Waals surface area contributed by atoms with E-state index in [1.807, 2.05) is 20.8 Å². The minimum Gasteiger partial charge on any atom is -0.392 e. The number of halogens is 2. The summed E-state index contributed by atoms with van der Waals surface area (Å²) in [5, 5.41) is 9.05. The lowest BCUT2D eigenvalue weighted by molar-refractivity contribution is 0.274. The van der Waals surface area contributed by atoms with Gasteiger partial charge < -0.3 is 5.11 Å². The summed E-state index contributed by atoms with van der Waals surface area (Å²) >= 11 is 3.11. The van der Waals surface area contributed by atoms with Crippen LogP contribution in [-0.2, 0) is 16.6 Å². The van der Waals surface area contributed by atoms with Crippen LogP contribution in [0.2, 0.25) is 0 Å². The quantitative estimate of drug-likeness (QED) is 0.811. The van der Waals surface area contributed by atoms with E-state index in [0.29, 0.717) is 10.4 Å². The lowest BCUT2D eigenvalue weighted by Gasteiger charge is -2.17. The molecule has 0 saturated carbocycles. The van der Waals surface area contributed by atoms with Gasteiger partial charge in [0, 0.05) is 16.6 Å². The van der Waals surface area contributed by atoms with Crippen LogP contribution in [0.15, 0.2) is 21.5 Å². The number of benzene rings is 1. The molecular formula is C13H19BrFNO3S. The molecule has 0 heterocycles. The van der Waals surface area contributed by atoms with Crippen molar-refractivity contribution in [2.75, 3.05) is 6.54 Å². The first-order chi connectivity index (χ1) is 9.19. The molecule has 1 rings (SSSR count). The first-order valence-corrected chi connectivity index (χ1v) is 8.55. The largest absolute Gasteiger partial charge is 0.392 e. The number of hydrogen-bond donors (Lipinski definition) is 2. The van der Waals surface area contributed by atoms with E-state index in [4.69, 9.17) is 5.11 Å². The molecule has 0 saturated heterocycles. The van der Waals surface area contributed by atoms with E-state index in [1.165, 1.54) is 12.1 Å². The van der Waals surface area contributed by atoms with Gasteiger partial charge in [0.05, 0.1) is 6.61 Å². The maximum Gasteiger partial charge on any atom is 0.243 e. The molecule has 1 unspecified atom stereocenters. The molecule has 114 valence electrons. The van der Waals surface area contributed by atoms with Gasteiger partial charge in [0.2, 0.25) is 10.0 Å². The summed E-state index contributed by atoms with van der Waals surface area (Å²) in [5.41, 5.74) is -0.0586. The summed E-state index contributed by atoms with van der Waals surface area (Å²) in [6.07, 6.45) is 0. The van der Waals surface area contributed by atoms with Crippen LogP contribution in [0.25, 0.3) is 0 Å². The molecule has 0 spiro atoms. The van der Waals surface area contributed by atoms with Gasteiger partial charge >= 0.3 is 0 Å². The van der Waals surface area contributed by atoms with Crippen molar-refractivity contribution in [3.05, 3.63) is 28.0 Å². The summed E-state index contributed by atoms with van der Waals surface area (Å²) in [4.78, 5) is -0.452. The monoisotopic (exact) mass is 367 g/mol. The highest BCUT2D eigenvalue weighted by Gasteiger charge is 2.23. The van der Waals surface area contributed by atoms with Crippen LogP contribution in [-0.4, -0.2) is 20.1 Å². The maximum atomic E-state index is 14.0. The van der Waals surface area contributed by atoms with Crippen LogP contribution in [0.4, 0.5) is 4.39 Å². The molecule has 2 N–H and O–H groups in total. The molecule has 0 radical (unpaired) electrons. The van der Waals surface area contributed by atoms with Crippen molar-refractivity contribution >= 4 is 26.0 Å². The van der Waals surface area contributed by atoms with Crippen molar-refractivity contribution in [2.24, 2.45) is 11.8 Å². The van der Waals surface area contributed by atoms with Gasteiger partial charge in [-0.15, -0.1) is 0 Å². The van der Waals surface area contributed by atoms with Crippen molar-refractivity contribution in [3.8, 4) is 0 Å². The van der Waals surface area contributed by atoms with Gasteiger partial charge in [0.15, 0.2) is 0 Å². The highest BCUT2D eigenvalue weighted by Crippen LogP contribution is 2.24. The molecule has 0 aliphatic heterocycles. The van der Waals surface area contributed by atoms with Crippen LogP contribution in [0.3, 0.4) is 0 Å². The molecule has 20 heavy (non-hydrogen) atoms. The Hall–Kier alpha value is -0.500. The van der Waals surface area contributed by atoms with Gasteiger partial charge in [0.1, 0.15) is 10.7 Å². The predicted octanol–water partition coefficient (Wildman–Crippen LogP) is 2.65. The number of rotatable bonds is 6.